The van der Waals surface area contributed by atoms with Gasteiger partial charge < -0.3 is 5.32 Å². The van der Waals surface area contributed by atoms with Gasteiger partial charge in [0.25, 0.3) is 0 Å². The van der Waals surface area contributed by atoms with Gasteiger partial charge in [-0.2, -0.15) is 0 Å². The minimum Gasteiger partial charge on any atom is -0.326 e. The Bertz CT molecular complexity index is 976. The maximum absolute atomic E-state index is 12.4. The first-order valence-electron chi connectivity index (χ1n) is 8.45. The first-order chi connectivity index (χ1) is 12.5. The van der Waals surface area contributed by atoms with Crippen molar-refractivity contribution >= 4 is 38.7 Å². The van der Waals surface area contributed by atoms with Gasteiger partial charge in [0.1, 0.15) is 0 Å². The lowest BCUT2D eigenvalue weighted by atomic mass is 10.1. The Morgan fingerprint density at radius 1 is 1.07 bits per heavy atom. The Morgan fingerprint density at radius 2 is 1.74 bits per heavy atom. The van der Waals surface area contributed by atoms with E-state index in [1.165, 1.54) is 31.5 Å². The molecule has 146 valence electrons. The van der Waals surface area contributed by atoms with E-state index < -0.39 is 10.0 Å². The van der Waals surface area contributed by atoms with Crippen LogP contribution >= 0.6 is 11.3 Å². The summed E-state index contributed by atoms with van der Waals surface area (Å²) in [7, 11) is -0.687. The SMILES string of the molecule is Cc1ccc(C(=O)CCC(=O)Nc2cc(S(=O)(=O)N(C)C)cc(C)c2C)s1. The van der Waals surface area contributed by atoms with Crippen molar-refractivity contribution in [2.75, 3.05) is 19.4 Å². The standard InChI is InChI=1S/C19H24N2O4S2/c1-12-10-15(27(24,25)21(4)5)11-16(14(12)3)20-19(23)9-7-17(22)18-8-6-13(2)26-18/h6,8,10-11H,7,9H2,1-5H3,(H,20,23). The molecule has 2 aromatic rings. The molecule has 8 heteroatoms. The number of aryl methyl sites for hydroxylation is 2. The summed E-state index contributed by atoms with van der Waals surface area (Å²) in [5.74, 6) is -0.390. The minimum absolute atomic E-state index is 0.0406. The summed E-state index contributed by atoms with van der Waals surface area (Å²) in [5.41, 5.74) is 2.00. The molecule has 0 atom stereocenters. The van der Waals surface area contributed by atoms with Crippen LogP contribution in [-0.2, 0) is 14.8 Å². The fourth-order valence-corrected chi connectivity index (χ4v) is 4.31. The third-order valence-electron chi connectivity index (χ3n) is 4.29. The van der Waals surface area contributed by atoms with Crippen LogP contribution in [0, 0.1) is 20.8 Å². The van der Waals surface area contributed by atoms with E-state index in [1.54, 1.807) is 19.1 Å². The molecule has 2 rings (SSSR count). The number of thiophene rings is 1. The van der Waals surface area contributed by atoms with Crippen LogP contribution in [-0.4, -0.2) is 38.5 Å². The topological polar surface area (TPSA) is 83.5 Å². The minimum atomic E-state index is -3.60. The molecule has 0 saturated carbocycles. The second-order valence-corrected chi connectivity index (χ2v) is 10.0. The smallest absolute Gasteiger partial charge is 0.242 e. The van der Waals surface area contributed by atoms with E-state index in [0.717, 1.165) is 20.3 Å². The van der Waals surface area contributed by atoms with Gasteiger partial charge in [-0.05, 0) is 56.2 Å². The van der Waals surface area contributed by atoms with E-state index in [4.69, 9.17) is 0 Å². The predicted octanol–water partition coefficient (Wildman–Crippen LogP) is 3.53. The highest BCUT2D eigenvalue weighted by Crippen LogP contribution is 2.26. The third-order valence-corrected chi connectivity index (χ3v) is 7.12. The van der Waals surface area contributed by atoms with Crippen LogP contribution in [0.3, 0.4) is 0 Å². The zero-order valence-corrected chi connectivity index (χ0v) is 17.8. The molecule has 0 bridgehead atoms. The van der Waals surface area contributed by atoms with Gasteiger partial charge in [0.05, 0.1) is 9.77 Å². The molecule has 1 heterocycles. The Hall–Kier alpha value is -2.03. The maximum atomic E-state index is 12.4. The maximum Gasteiger partial charge on any atom is 0.242 e. The van der Waals surface area contributed by atoms with Gasteiger partial charge in [0, 0.05) is 37.5 Å². The third kappa shape index (κ3) is 5.03. The normalized spacial score (nSPS) is 11.6. The molecule has 1 aromatic carbocycles. The molecule has 1 amide bonds. The number of rotatable bonds is 7. The predicted molar refractivity (Wildman–Crippen MR) is 108 cm³/mol. The summed E-state index contributed by atoms with van der Waals surface area (Å²) in [6.07, 6.45) is 0.151. The lowest BCUT2D eigenvalue weighted by Gasteiger charge is -2.16. The summed E-state index contributed by atoms with van der Waals surface area (Å²) in [6, 6.07) is 6.69. The number of benzene rings is 1. The van der Waals surface area contributed by atoms with Crippen molar-refractivity contribution in [3.63, 3.8) is 0 Å². The average Bonchev–Trinajstić information content (AvgIpc) is 3.02. The van der Waals surface area contributed by atoms with Crippen molar-refractivity contribution in [3.8, 4) is 0 Å². The fraction of sp³-hybridized carbons (Fsp3) is 0.368. The van der Waals surface area contributed by atoms with Gasteiger partial charge in [-0.1, -0.05) is 0 Å². The Balaban J connectivity index is 2.13. The molecule has 0 unspecified atom stereocenters. The van der Waals surface area contributed by atoms with Crippen LogP contribution in [0.4, 0.5) is 5.69 Å². The highest BCUT2D eigenvalue weighted by Gasteiger charge is 2.20. The molecule has 0 radical (unpaired) electrons. The number of carbonyl (C=O) groups is 2. The van der Waals surface area contributed by atoms with Crippen LogP contribution in [0.2, 0.25) is 0 Å². The molecular weight excluding hydrogens is 384 g/mol. The number of ketones is 1. The number of nitrogens with zero attached hydrogens (tertiary/aromatic N) is 1. The lowest BCUT2D eigenvalue weighted by molar-refractivity contribution is -0.116. The van der Waals surface area contributed by atoms with Crippen molar-refractivity contribution in [2.24, 2.45) is 0 Å². The molecule has 0 aliphatic carbocycles. The van der Waals surface area contributed by atoms with Crippen molar-refractivity contribution in [1.29, 1.82) is 0 Å². The van der Waals surface area contributed by atoms with Gasteiger partial charge in [-0.25, -0.2) is 12.7 Å². The number of Topliss-reactive ketones (excluding diaryl/α,β-unsaturated/α-hetero) is 1. The second-order valence-electron chi connectivity index (χ2n) is 6.58. The zero-order chi connectivity index (χ0) is 20.4. The molecule has 0 aliphatic heterocycles. The molecule has 1 N–H and O–H groups in total. The quantitative estimate of drug-likeness (QED) is 0.711. The number of nitrogens with one attached hydrogen (secondary N) is 1. The van der Waals surface area contributed by atoms with E-state index in [1.807, 2.05) is 19.9 Å². The van der Waals surface area contributed by atoms with Gasteiger partial charge >= 0.3 is 0 Å². The van der Waals surface area contributed by atoms with E-state index >= 15 is 0 Å². The first-order valence-corrected chi connectivity index (χ1v) is 10.7. The van der Waals surface area contributed by atoms with Crippen LogP contribution in [0.1, 0.15) is 38.5 Å². The van der Waals surface area contributed by atoms with Crippen molar-refractivity contribution in [1.82, 2.24) is 4.31 Å². The van der Waals surface area contributed by atoms with Crippen molar-refractivity contribution in [2.45, 2.75) is 38.5 Å². The van der Waals surface area contributed by atoms with E-state index in [9.17, 15) is 18.0 Å². The van der Waals surface area contributed by atoms with Gasteiger partial charge in [-0.15, -0.1) is 11.3 Å². The van der Waals surface area contributed by atoms with Crippen molar-refractivity contribution in [3.05, 3.63) is 45.1 Å². The number of hydrogen-bond acceptors (Lipinski definition) is 5. The largest absolute Gasteiger partial charge is 0.326 e. The summed E-state index contributed by atoms with van der Waals surface area (Å²) in [5, 5.41) is 2.74. The average molecular weight is 409 g/mol. The number of amides is 1. The van der Waals surface area contributed by atoms with E-state index in [2.05, 4.69) is 5.32 Å². The molecular formula is C19H24N2O4S2. The first kappa shape index (κ1) is 21.3. The molecule has 0 fully saturated rings. The monoisotopic (exact) mass is 408 g/mol. The van der Waals surface area contributed by atoms with E-state index in [0.29, 0.717) is 10.6 Å². The van der Waals surface area contributed by atoms with Crippen molar-refractivity contribution < 1.29 is 18.0 Å². The number of anilines is 1. The summed E-state index contributed by atoms with van der Waals surface area (Å²) in [4.78, 5) is 26.2. The zero-order valence-electron chi connectivity index (χ0n) is 16.1. The van der Waals surface area contributed by atoms with E-state index in [-0.39, 0.29) is 29.4 Å². The summed E-state index contributed by atoms with van der Waals surface area (Å²) >= 11 is 1.41. The van der Waals surface area contributed by atoms with Gasteiger partial charge in [0.2, 0.25) is 15.9 Å². The lowest BCUT2D eigenvalue weighted by Crippen LogP contribution is -2.23. The molecule has 6 nitrogen and oxygen atoms in total. The number of hydrogen-bond donors (Lipinski definition) is 1. The second kappa shape index (κ2) is 8.33. The highest BCUT2D eigenvalue weighted by atomic mass is 32.2. The Morgan fingerprint density at radius 3 is 2.30 bits per heavy atom. The van der Waals surface area contributed by atoms with Crippen LogP contribution in [0.5, 0.6) is 0 Å². The van der Waals surface area contributed by atoms with Crippen LogP contribution in [0.15, 0.2) is 29.2 Å². The fourth-order valence-electron chi connectivity index (χ4n) is 2.46. The summed E-state index contributed by atoms with van der Waals surface area (Å²) in [6.45, 7) is 5.53. The Kier molecular flexibility index (Phi) is 6.56. The van der Waals surface area contributed by atoms with Gasteiger partial charge in [0.15, 0.2) is 5.78 Å². The van der Waals surface area contributed by atoms with Crippen LogP contribution in [0.25, 0.3) is 0 Å². The highest BCUT2D eigenvalue weighted by molar-refractivity contribution is 7.89. The van der Waals surface area contributed by atoms with Gasteiger partial charge in [-0.3, -0.25) is 9.59 Å². The molecule has 27 heavy (non-hydrogen) atoms. The van der Waals surface area contributed by atoms with Crippen LogP contribution < -0.4 is 5.32 Å². The summed E-state index contributed by atoms with van der Waals surface area (Å²) < 4.78 is 25.9. The Labute approximate surface area is 164 Å². The molecule has 1 aromatic heterocycles. The number of carbonyl (C=O) groups excluding carboxylic acids is 2. The molecule has 0 aliphatic rings. The molecule has 0 saturated heterocycles. The number of sulfonamides is 1. The molecule has 0 spiro atoms.